The average molecular weight is 309 g/mol. The summed E-state index contributed by atoms with van der Waals surface area (Å²) < 4.78 is 0. The van der Waals surface area contributed by atoms with Crippen LogP contribution in [0.4, 0.5) is 0 Å². The van der Waals surface area contributed by atoms with Crippen molar-refractivity contribution in [3.05, 3.63) is 0 Å². The minimum absolute atomic E-state index is 0.311. The van der Waals surface area contributed by atoms with Crippen LogP contribution in [0.2, 0.25) is 0 Å². The average Bonchev–Trinajstić information content (AvgIpc) is 2.52. The van der Waals surface area contributed by atoms with Crippen molar-refractivity contribution in [3.8, 4) is 0 Å². The summed E-state index contributed by atoms with van der Waals surface area (Å²) in [6.45, 7) is 2.15. The quantitative estimate of drug-likeness (QED) is 0.461. The molecule has 22 heavy (non-hydrogen) atoms. The number of hydrogen-bond donors (Lipinski definition) is 0. The molecule has 1 saturated carbocycles. The third kappa shape index (κ3) is 11.3. The molecule has 1 rings (SSSR count). The summed E-state index contributed by atoms with van der Waals surface area (Å²) in [7, 11) is 0. The highest BCUT2D eigenvalue weighted by molar-refractivity contribution is 5.80. The van der Waals surface area contributed by atoms with E-state index in [1.165, 1.54) is 96.3 Å². The Kier molecular flexibility index (Phi) is 12.8. The van der Waals surface area contributed by atoms with Gasteiger partial charge in [-0.2, -0.15) is 0 Å². The third-order valence-corrected chi connectivity index (χ3v) is 5.36. The van der Waals surface area contributed by atoms with E-state index in [0.717, 1.165) is 19.3 Å². The molecule has 0 aromatic carbocycles. The highest BCUT2D eigenvalue weighted by atomic mass is 16.1. The van der Waals surface area contributed by atoms with Crippen molar-refractivity contribution in [2.75, 3.05) is 0 Å². The van der Waals surface area contributed by atoms with Crippen LogP contribution in [0.25, 0.3) is 0 Å². The largest absolute Gasteiger partial charge is 0.299 e. The van der Waals surface area contributed by atoms with E-state index in [1.54, 1.807) is 0 Å². The lowest BCUT2D eigenvalue weighted by atomic mass is 9.94. The highest BCUT2D eigenvalue weighted by Crippen LogP contribution is 2.18. The van der Waals surface area contributed by atoms with E-state index < -0.39 is 0 Å². The summed E-state index contributed by atoms with van der Waals surface area (Å²) in [4.78, 5) is 12.1. The van der Waals surface area contributed by atoms with Gasteiger partial charge in [-0.3, -0.25) is 4.79 Å². The molecule has 0 aromatic heterocycles. The predicted octanol–water partition coefficient (Wildman–Crippen LogP) is 7.23. The molecule has 1 aliphatic rings. The Morgan fingerprint density at radius 1 is 0.545 bits per heavy atom. The Balaban J connectivity index is 2.18. The van der Waals surface area contributed by atoms with Crippen LogP contribution in [0.1, 0.15) is 122 Å². The maximum Gasteiger partial charge on any atom is 0.135 e. The number of Topliss-reactive ketones (excluding diaryl/α,β-unsaturated/α-hetero) is 1. The molecule has 1 aliphatic carbocycles. The van der Waals surface area contributed by atoms with Crippen LogP contribution in [0.15, 0.2) is 0 Å². The van der Waals surface area contributed by atoms with Crippen molar-refractivity contribution in [2.24, 2.45) is 5.92 Å². The fraction of sp³-hybridized carbons (Fsp3) is 0.952. The maximum absolute atomic E-state index is 12.1. The van der Waals surface area contributed by atoms with Crippen molar-refractivity contribution >= 4 is 5.78 Å². The van der Waals surface area contributed by atoms with Crippen LogP contribution in [0.3, 0.4) is 0 Å². The van der Waals surface area contributed by atoms with E-state index in [-0.39, 0.29) is 0 Å². The Morgan fingerprint density at radius 3 is 1.27 bits per heavy atom. The Morgan fingerprint density at radius 2 is 0.864 bits per heavy atom. The maximum atomic E-state index is 12.1. The van der Waals surface area contributed by atoms with Gasteiger partial charge in [0.25, 0.3) is 0 Å². The molecule has 1 unspecified atom stereocenters. The van der Waals surface area contributed by atoms with Crippen LogP contribution >= 0.6 is 0 Å². The minimum atomic E-state index is 0.311. The van der Waals surface area contributed by atoms with Gasteiger partial charge in [-0.1, -0.05) is 103 Å². The van der Waals surface area contributed by atoms with Gasteiger partial charge in [-0.05, 0) is 12.8 Å². The fourth-order valence-electron chi connectivity index (χ4n) is 3.63. The van der Waals surface area contributed by atoms with Crippen LogP contribution in [-0.4, -0.2) is 5.78 Å². The molecule has 0 radical (unpaired) electrons. The first kappa shape index (κ1) is 19.7. The van der Waals surface area contributed by atoms with Crippen LogP contribution < -0.4 is 0 Å². The van der Waals surface area contributed by atoms with Crippen molar-refractivity contribution < 1.29 is 4.79 Å². The first-order valence-electron chi connectivity index (χ1n) is 10.3. The van der Waals surface area contributed by atoms with Crippen molar-refractivity contribution in [2.45, 2.75) is 122 Å². The topological polar surface area (TPSA) is 17.1 Å². The van der Waals surface area contributed by atoms with Crippen molar-refractivity contribution in [3.63, 3.8) is 0 Å². The van der Waals surface area contributed by atoms with Crippen molar-refractivity contribution in [1.29, 1.82) is 0 Å². The Labute approximate surface area is 139 Å². The fourth-order valence-corrected chi connectivity index (χ4v) is 3.63. The summed E-state index contributed by atoms with van der Waals surface area (Å²) >= 11 is 0. The first-order chi connectivity index (χ1) is 10.8. The standard InChI is InChI=1S/C21H40O/c1-20-18-16-14-12-10-8-6-4-2-3-5-7-9-11-13-15-17-19-21(20)22/h20H,2-19H2,1H3. The number of carbonyl (C=O) groups is 1. The van der Waals surface area contributed by atoms with Crippen LogP contribution in [0.5, 0.6) is 0 Å². The number of carbonyl (C=O) groups excluding carboxylic acids is 1. The predicted molar refractivity (Wildman–Crippen MR) is 97.3 cm³/mol. The Bertz CT molecular complexity index is 259. The van der Waals surface area contributed by atoms with E-state index in [1.807, 2.05) is 0 Å². The molecule has 0 bridgehead atoms. The third-order valence-electron chi connectivity index (χ3n) is 5.36. The molecule has 0 N–H and O–H groups in total. The number of ketones is 1. The molecule has 0 saturated heterocycles. The molecule has 0 heterocycles. The highest BCUT2D eigenvalue weighted by Gasteiger charge is 2.11. The zero-order valence-electron chi connectivity index (χ0n) is 15.2. The van der Waals surface area contributed by atoms with E-state index in [2.05, 4.69) is 6.92 Å². The van der Waals surface area contributed by atoms with Gasteiger partial charge in [0.15, 0.2) is 0 Å². The molecule has 0 amide bonds. The summed E-state index contributed by atoms with van der Waals surface area (Å²) in [5.74, 6) is 0.833. The van der Waals surface area contributed by atoms with Crippen molar-refractivity contribution in [1.82, 2.24) is 0 Å². The molecule has 130 valence electrons. The summed E-state index contributed by atoms with van der Waals surface area (Å²) in [6.07, 6.45) is 23.9. The number of rotatable bonds is 0. The normalized spacial score (nSPS) is 26.4. The second-order valence-corrected chi connectivity index (χ2v) is 7.56. The molecule has 0 aromatic rings. The first-order valence-corrected chi connectivity index (χ1v) is 10.3. The van der Waals surface area contributed by atoms with E-state index in [4.69, 9.17) is 0 Å². The lowest BCUT2D eigenvalue weighted by Crippen LogP contribution is -2.10. The van der Waals surface area contributed by atoms with Gasteiger partial charge in [0, 0.05) is 12.3 Å². The zero-order chi connectivity index (χ0) is 15.9. The second-order valence-electron chi connectivity index (χ2n) is 7.56. The number of hydrogen-bond acceptors (Lipinski definition) is 1. The SMILES string of the molecule is CC1CCCCCCCCCCCCCCCCCCC1=O. The lowest BCUT2D eigenvalue weighted by molar-refractivity contribution is -0.122. The molecular formula is C21H40O. The smallest absolute Gasteiger partial charge is 0.135 e. The van der Waals surface area contributed by atoms with E-state index in [0.29, 0.717) is 11.7 Å². The minimum Gasteiger partial charge on any atom is -0.299 e. The monoisotopic (exact) mass is 308 g/mol. The molecule has 1 heteroatoms. The summed E-state index contributed by atoms with van der Waals surface area (Å²) in [5, 5.41) is 0. The molecule has 1 nitrogen and oxygen atoms in total. The van der Waals surface area contributed by atoms with Gasteiger partial charge < -0.3 is 0 Å². The molecule has 1 atom stereocenters. The van der Waals surface area contributed by atoms with Gasteiger partial charge in [0.2, 0.25) is 0 Å². The second kappa shape index (κ2) is 14.3. The van der Waals surface area contributed by atoms with Gasteiger partial charge in [-0.25, -0.2) is 0 Å². The van der Waals surface area contributed by atoms with Crippen LogP contribution in [0, 0.1) is 5.92 Å². The van der Waals surface area contributed by atoms with Gasteiger partial charge in [0.05, 0.1) is 0 Å². The molecule has 0 aliphatic heterocycles. The zero-order valence-corrected chi connectivity index (χ0v) is 15.2. The lowest BCUT2D eigenvalue weighted by Gasteiger charge is -2.10. The van der Waals surface area contributed by atoms with E-state index in [9.17, 15) is 4.79 Å². The molecule has 0 spiro atoms. The Hall–Kier alpha value is -0.330. The summed E-state index contributed by atoms with van der Waals surface area (Å²) in [5.41, 5.74) is 0. The van der Waals surface area contributed by atoms with E-state index >= 15 is 0 Å². The van der Waals surface area contributed by atoms with Gasteiger partial charge in [-0.15, -0.1) is 0 Å². The molecule has 1 fully saturated rings. The summed E-state index contributed by atoms with van der Waals surface area (Å²) in [6, 6.07) is 0. The van der Waals surface area contributed by atoms with Crippen LogP contribution in [-0.2, 0) is 4.79 Å². The van der Waals surface area contributed by atoms with Gasteiger partial charge >= 0.3 is 0 Å². The van der Waals surface area contributed by atoms with Gasteiger partial charge in [0.1, 0.15) is 5.78 Å². The molecular weight excluding hydrogens is 268 g/mol.